The lowest BCUT2D eigenvalue weighted by atomic mass is 10.1. The van der Waals surface area contributed by atoms with E-state index in [2.05, 4.69) is 31.3 Å². The van der Waals surface area contributed by atoms with Gasteiger partial charge in [-0.05, 0) is 38.1 Å². The maximum Gasteiger partial charge on any atom is 0.252 e. The molecule has 0 atom stereocenters. The molecule has 0 fully saturated rings. The van der Waals surface area contributed by atoms with Crippen LogP contribution in [-0.4, -0.2) is 20.7 Å². The molecule has 2 aromatic heterocycles. The number of hydrogen-bond donors (Lipinski definition) is 1. The van der Waals surface area contributed by atoms with Crippen LogP contribution in [-0.2, 0) is 13.6 Å². The Morgan fingerprint density at radius 3 is 2.83 bits per heavy atom. The van der Waals surface area contributed by atoms with Gasteiger partial charge in [0.15, 0.2) is 5.65 Å². The summed E-state index contributed by atoms with van der Waals surface area (Å²) in [7, 11) is 1.79. The zero-order chi connectivity index (χ0) is 17.4. The third kappa shape index (κ3) is 3.03. The van der Waals surface area contributed by atoms with Gasteiger partial charge in [0.05, 0.1) is 16.6 Å². The average molecular weight is 391 g/mol. The second kappa shape index (κ2) is 6.32. The lowest BCUT2D eigenvalue weighted by Gasteiger charge is -2.09. The molecule has 24 heavy (non-hydrogen) atoms. The van der Waals surface area contributed by atoms with Crippen LogP contribution in [0.15, 0.2) is 28.7 Å². The van der Waals surface area contributed by atoms with Gasteiger partial charge < -0.3 is 5.32 Å². The first-order chi connectivity index (χ1) is 11.4. The van der Waals surface area contributed by atoms with Crippen LogP contribution in [0.4, 0.5) is 4.39 Å². The highest BCUT2D eigenvalue weighted by Gasteiger charge is 2.18. The first-order valence-corrected chi connectivity index (χ1v) is 8.19. The molecule has 0 aliphatic heterocycles. The van der Waals surface area contributed by atoms with E-state index in [1.54, 1.807) is 29.9 Å². The first kappa shape index (κ1) is 16.6. The van der Waals surface area contributed by atoms with Crippen LogP contribution in [0.3, 0.4) is 0 Å². The van der Waals surface area contributed by atoms with Crippen molar-refractivity contribution in [1.82, 2.24) is 20.1 Å². The summed E-state index contributed by atoms with van der Waals surface area (Å²) >= 11 is 3.30. The molecule has 1 N–H and O–H groups in total. The molecule has 0 spiro atoms. The molecule has 0 aliphatic rings. The predicted octanol–water partition coefficient (Wildman–Crippen LogP) is 3.42. The summed E-state index contributed by atoms with van der Waals surface area (Å²) in [6, 6.07) is 6.36. The van der Waals surface area contributed by atoms with Crippen LogP contribution in [0, 0.1) is 19.7 Å². The van der Waals surface area contributed by atoms with Gasteiger partial charge in [0.25, 0.3) is 5.91 Å². The van der Waals surface area contributed by atoms with Gasteiger partial charge >= 0.3 is 0 Å². The molecule has 2 heterocycles. The number of pyridine rings is 1. The third-order valence-corrected chi connectivity index (χ3v) is 4.28. The number of benzene rings is 1. The number of hydrogen-bond acceptors (Lipinski definition) is 3. The fraction of sp³-hybridized carbons (Fsp3) is 0.235. The summed E-state index contributed by atoms with van der Waals surface area (Å²) in [5, 5.41) is 7.82. The molecular weight excluding hydrogens is 375 g/mol. The van der Waals surface area contributed by atoms with Crippen molar-refractivity contribution in [3.63, 3.8) is 0 Å². The molecule has 0 bridgehead atoms. The van der Waals surface area contributed by atoms with Crippen molar-refractivity contribution in [2.75, 3.05) is 0 Å². The molecule has 124 valence electrons. The molecule has 0 saturated carbocycles. The van der Waals surface area contributed by atoms with Crippen LogP contribution in [0.1, 0.15) is 27.3 Å². The van der Waals surface area contributed by atoms with Crippen molar-refractivity contribution in [2.24, 2.45) is 7.05 Å². The van der Waals surface area contributed by atoms with E-state index in [0.29, 0.717) is 16.8 Å². The zero-order valence-electron chi connectivity index (χ0n) is 13.5. The van der Waals surface area contributed by atoms with Crippen LogP contribution < -0.4 is 5.32 Å². The minimum Gasteiger partial charge on any atom is -0.348 e. The number of halogens is 2. The molecule has 3 rings (SSSR count). The summed E-state index contributed by atoms with van der Waals surface area (Å²) in [6.07, 6.45) is 0. The van der Waals surface area contributed by atoms with E-state index in [-0.39, 0.29) is 18.3 Å². The molecule has 0 radical (unpaired) electrons. The highest BCUT2D eigenvalue weighted by Crippen LogP contribution is 2.22. The van der Waals surface area contributed by atoms with Gasteiger partial charge in [-0.1, -0.05) is 15.9 Å². The monoisotopic (exact) mass is 390 g/mol. The van der Waals surface area contributed by atoms with Crippen molar-refractivity contribution >= 4 is 32.9 Å². The van der Waals surface area contributed by atoms with Gasteiger partial charge in [-0.3, -0.25) is 9.48 Å². The van der Waals surface area contributed by atoms with Gasteiger partial charge in [0.1, 0.15) is 5.82 Å². The summed E-state index contributed by atoms with van der Waals surface area (Å²) in [5.74, 6) is -0.631. The topological polar surface area (TPSA) is 59.8 Å². The second-order valence-electron chi connectivity index (χ2n) is 5.64. The molecular formula is C17H16BrFN4O. The molecule has 3 aromatic rings. The summed E-state index contributed by atoms with van der Waals surface area (Å²) in [6.45, 7) is 3.77. The van der Waals surface area contributed by atoms with E-state index in [1.807, 2.05) is 13.8 Å². The van der Waals surface area contributed by atoms with E-state index in [9.17, 15) is 9.18 Å². The van der Waals surface area contributed by atoms with Crippen LogP contribution in [0.2, 0.25) is 0 Å². The van der Waals surface area contributed by atoms with Gasteiger partial charge in [-0.2, -0.15) is 5.10 Å². The normalized spacial score (nSPS) is 11.0. The number of nitrogens with zero attached hydrogens (tertiary/aromatic N) is 3. The Kier molecular flexibility index (Phi) is 4.36. The lowest BCUT2D eigenvalue weighted by molar-refractivity contribution is 0.0952. The van der Waals surface area contributed by atoms with Crippen molar-refractivity contribution in [3.05, 3.63) is 57.1 Å². The van der Waals surface area contributed by atoms with Crippen molar-refractivity contribution in [3.8, 4) is 0 Å². The quantitative estimate of drug-likeness (QED) is 0.745. The standard InChI is InChI=1S/C17H16BrFN4O/c1-9-6-13(15-10(2)22-23(3)16(15)21-9)17(24)20-8-11-7-12(18)4-5-14(11)19/h4-7H,8H2,1-3H3,(H,20,24). The second-order valence-corrected chi connectivity index (χ2v) is 6.55. The van der Waals surface area contributed by atoms with E-state index >= 15 is 0 Å². The Balaban J connectivity index is 1.93. The lowest BCUT2D eigenvalue weighted by Crippen LogP contribution is -2.24. The number of rotatable bonds is 3. The fourth-order valence-corrected chi connectivity index (χ4v) is 3.11. The van der Waals surface area contributed by atoms with Gasteiger partial charge in [-0.15, -0.1) is 0 Å². The fourth-order valence-electron chi connectivity index (χ4n) is 2.70. The van der Waals surface area contributed by atoms with Crippen LogP contribution in [0.25, 0.3) is 11.0 Å². The number of aromatic nitrogens is 3. The summed E-state index contributed by atoms with van der Waals surface area (Å²) in [4.78, 5) is 17.1. The molecule has 7 heteroatoms. The van der Waals surface area contributed by atoms with E-state index in [1.165, 1.54) is 6.07 Å². The number of fused-ring (bicyclic) bond motifs is 1. The highest BCUT2D eigenvalue weighted by molar-refractivity contribution is 9.10. The number of nitrogens with one attached hydrogen (secondary N) is 1. The number of carbonyl (C=O) groups is 1. The van der Waals surface area contributed by atoms with Gasteiger partial charge in [0, 0.05) is 29.3 Å². The van der Waals surface area contributed by atoms with Crippen molar-refractivity contribution in [1.29, 1.82) is 0 Å². The largest absolute Gasteiger partial charge is 0.348 e. The molecule has 0 saturated heterocycles. The summed E-state index contributed by atoms with van der Waals surface area (Å²) in [5.41, 5.74) is 3.04. The molecule has 0 unspecified atom stereocenters. The summed E-state index contributed by atoms with van der Waals surface area (Å²) < 4.78 is 16.2. The first-order valence-electron chi connectivity index (χ1n) is 7.40. The number of amides is 1. The van der Waals surface area contributed by atoms with Gasteiger partial charge in [-0.25, -0.2) is 9.37 Å². The zero-order valence-corrected chi connectivity index (χ0v) is 15.1. The average Bonchev–Trinajstić information content (AvgIpc) is 2.81. The van der Waals surface area contributed by atoms with Crippen LogP contribution in [0.5, 0.6) is 0 Å². The number of carbonyl (C=O) groups excluding carboxylic acids is 1. The Hall–Kier alpha value is -2.28. The Morgan fingerprint density at radius 1 is 1.33 bits per heavy atom. The Bertz CT molecular complexity index is 951. The van der Waals surface area contributed by atoms with Crippen LogP contribution >= 0.6 is 15.9 Å². The van der Waals surface area contributed by atoms with Gasteiger partial charge in [0.2, 0.25) is 0 Å². The Labute approximate surface area is 147 Å². The SMILES string of the molecule is Cc1cc(C(=O)NCc2cc(Br)ccc2F)c2c(C)nn(C)c2n1. The smallest absolute Gasteiger partial charge is 0.252 e. The highest BCUT2D eigenvalue weighted by atomic mass is 79.9. The maximum absolute atomic E-state index is 13.8. The maximum atomic E-state index is 13.8. The van der Waals surface area contributed by atoms with Crippen molar-refractivity contribution < 1.29 is 9.18 Å². The predicted molar refractivity (Wildman–Crippen MR) is 93.3 cm³/mol. The van der Waals surface area contributed by atoms with E-state index in [4.69, 9.17) is 0 Å². The molecule has 5 nitrogen and oxygen atoms in total. The minimum atomic E-state index is -0.355. The molecule has 1 amide bonds. The van der Waals surface area contributed by atoms with E-state index < -0.39 is 0 Å². The Morgan fingerprint density at radius 2 is 2.08 bits per heavy atom. The van der Waals surface area contributed by atoms with E-state index in [0.717, 1.165) is 21.2 Å². The van der Waals surface area contributed by atoms with Crippen molar-refractivity contribution in [2.45, 2.75) is 20.4 Å². The number of aryl methyl sites for hydroxylation is 3. The minimum absolute atomic E-state index is 0.103. The molecule has 1 aromatic carbocycles. The third-order valence-electron chi connectivity index (χ3n) is 3.79. The molecule has 0 aliphatic carbocycles.